The molecule has 0 saturated heterocycles. The Morgan fingerprint density at radius 1 is 0.978 bits per heavy atom. The monoisotopic (exact) mass is 640 g/mol. The van der Waals surface area contributed by atoms with E-state index in [-0.39, 0.29) is 23.0 Å². The van der Waals surface area contributed by atoms with Crippen LogP contribution in [0.2, 0.25) is 0 Å². The highest BCUT2D eigenvalue weighted by molar-refractivity contribution is 8.00. The number of ether oxygens (including phenoxy) is 1. The van der Waals surface area contributed by atoms with Crippen LogP contribution < -0.4 is 20.7 Å². The summed E-state index contributed by atoms with van der Waals surface area (Å²) in [6, 6.07) is 24.0. The number of hydrogen-bond donors (Lipinski definition) is 4. The molecule has 0 aromatic heterocycles. The first-order chi connectivity index (χ1) is 22.1. The zero-order valence-corrected chi connectivity index (χ0v) is 26.1. The van der Waals surface area contributed by atoms with Gasteiger partial charge in [0.25, 0.3) is 17.5 Å². The van der Waals surface area contributed by atoms with Crippen molar-refractivity contribution in [3.8, 4) is 11.5 Å². The van der Waals surface area contributed by atoms with Gasteiger partial charge in [0.05, 0.1) is 23.0 Å². The maximum atomic E-state index is 13.6. The molecule has 236 valence electrons. The van der Waals surface area contributed by atoms with Gasteiger partial charge in [0.2, 0.25) is 5.91 Å². The van der Waals surface area contributed by atoms with Crippen LogP contribution in [0.15, 0.2) is 102 Å². The number of phenols is 1. The van der Waals surface area contributed by atoms with Crippen molar-refractivity contribution in [2.45, 2.75) is 30.4 Å². The van der Waals surface area contributed by atoms with Gasteiger partial charge in [-0.1, -0.05) is 37.3 Å². The first kappa shape index (κ1) is 33.3. The highest BCUT2D eigenvalue weighted by Crippen LogP contribution is 2.30. The molecular formula is C34H32N4O7S. The number of nitrogens with zero attached hydrogens (tertiary/aromatic N) is 1. The summed E-state index contributed by atoms with van der Waals surface area (Å²) in [6.45, 7) is 3.61. The number of methoxy groups -OCH3 is 1. The Bertz CT molecular complexity index is 1790. The Balaban J connectivity index is 1.54. The number of nitro benzene ring substituents is 1. The van der Waals surface area contributed by atoms with Gasteiger partial charge >= 0.3 is 0 Å². The number of non-ortho nitro benzene ring substituents is 1. The second kappa shape index (κ2) is 15.4. The van der Waals surface area contributed by atoms with E-state index >= 15 is 0 Å². The molecule has 3 amide bonds. The number of phenolic OH excluding ortho intramolecular Hbond substituents is 1. The van der Waals surface area contributed by atoms with Crippen LogP contribution in [0, 0.1) is 17.0 Å². The molecular weight excluding hydrogens is 608 g/mol. The molecule has 0 radical (unpaired) electrons. The Labute approximate surface area is 269 Å². The lowest BCUT2D eigenvalue weighted by Gasteiger charge is -2.17. The van der Waals surface area contributed by atoms with Crippen molar-refractivity contribution in [2.24, 2.45) is 0 Å². The minimum Gasteiger partial charge on any atom is -0.508 e. The smallest absolute Gasteiger partial charge is 0.272 e. The Kier molecular flexibility index (Phi) is 11.1. The van der Waals surface area contributed by atoms with E-state index in [4.69, 9.17) is 4.74 Å². The lowest BCUT2D eigenvalue weighted by atomic mass is 10.1. The zero-order chi connectivity index (χ0) is 33.2. The average Bonchev–Trinajstić information content (AvgIpc) is 3.05. The number of rotatable bonds is 12. The predicted molar refractivity (Wildman–Crippen MR) is 178 cm³/mol. The maximum Gasteiger partial charge on any atom is 0.272 e. The van der Waals surface area contributed by atoms with Gasteiger partial charge < -0.3 is 25.8 Å². The predicted octanol–water partition coefficient (Wildman–Crippen LogP) is 6.54. The van der Waals surface area contributed by atoms with Crippen LogP contribution in [0.3, 0.4) is 0 Å². The molecule has 1 atom stereocenters. The maximum absolute atomic E-state index is 13.6. The van der Waals surface area contributed by atoms with Crippen molar-refractivity contribution in [2.75, 3.05) is 17.7 Å². The minimum absolute atomic E-state index is 0.0260. The first-order valence-electron chi connectivity index (χ1n) is 14.2. The normalized spacial score (nSPS) is 11.7. The molecule has 0 spiro atoms. The molecule has 0 fully saturated rings. The summed E-state index contributed by atoms with van der Waals surface area (Å²) in [6.07, 6.45) is 1.91. The highest BCUT2D eigenvalue weighted by Gasteiger charge is 2.21. The first-order valence-corrected chi connectivity index (χ1v) is 15.0. The summed E-state index contributed by atoms with van der Waals surface area (Å²) >= 11 is 1.28. The van der Waals surface area contributed by atoms with E-state index in [2.05, 4.69) is 16.0 Å². The molecule has 46 heavy (non-hydrogen) atoms. The number of aryl methyl sites for hydroxylation is 1. The average molecular weight is 641 g/mol. The summed E-state index contributed by atoms with van der Waals surface area (Å²) < 4.78 is 5.34. The topological polar surface area (TPSA) is 160 Å². The highest BCUT2D eigenvalue weighted by atomic mass is 32.2. The number of carbonyl (C=O) groups excluding carboxylic acids is 3. The van der Waals surface area contributed by atoms with Crippen molar-refractivity contribution in [3.05, 3.63) is 123 Å². The van der Waals surface area contributed by atoms with Crippen LogP contribution in [0.25, 0.3) is 6.08 Å². The summed E-state index contributed by atoms with van der Waals surface area (Å²) in [5.41, 5.74) is 2.06. The van der Waals surface area contributed by atoms with Gasteiger partial charge in [-0.15, -0.1) is 11.8 Å². The third-order valence-corrected chi connectivity index (χ3v) is 8.13. The Morgan fingerprint density at radius 3 is 2.43 bits per heavy atom. The van der Waals surface area contributed by atoms with Gasteiger partial charge in [-0.2, -0.15) is 0 Å². The zero-order valence-electron chi connectivity index (χ0n) is 25.3. The van der Waals surface area contributed by atoms with Crippen molar-refractivity contribution in [3.63, 3.8) is 0 Å². The van der Waals surface area contributed by atoms with E-state index in [1.54, 1.807) is 73.7 Å². The number of benzene rings is 4. The van der Waals surface area contributed by atoms with Crippen molar-refractivity contribution >= 4 is 52.6 Å². The van der Waals surface area contributed by atoms with E-state index in [1.165, 1.54) is 49.2 Å². The fourth-order valence-electron chi connectivity index (χ4n) is 4.32. The second-order valence-corrected chi connectivity index (χ2v) is 11.3. The fraction of sp³-hybridized carbons (Fsp3) is 0.147. The van der Waals surface area contributed by atoms with E-state index in [9.17, 15) is 29.6 Å². The molecule has 11 nitrogen and oxygen atoms in total. The molecule has 0 aliphatic rings. The fourth-order valence-corrected chi connectivity index (χ4v) is 5.33. The summed E-state index contributed by atoms with van der Waals surface area (Å²) in [5, 5.41) is 28.8. The van der Waals surface area contributed by atoms with Crippen LogP contribution in [0.4, 0.5) is 17.1 Å². The SMILES string of the molecule is CCC(Sc1cccc(NC(=O)/C(=C\c2ccc(O)cc2OC)NC(=O)c2ccccc2)c1)C(=O)Nc1cc([N+](=O)[O-])ccc1C. The van der Waals surface area contributed by atoms with Gasteiger partial charge in [0, 0.05) is 39.9 Å². The molecule has 4 aromatic carbocycles. The molecule has 4 rings (SSSR count). The van der Waals surface area contributed by atoms with Crippen LogP contribution >= 0.6 is 11.8 Å². The molecule has 0 aliphatic carbocycles. The van der Waals surface area contributed by atoms with Crippen LogP contribution in [0.5, 0.6) is 11.5 Å². The molecule has 0 aliphatic heterocycles. The Hall–Kier alpha value is -5.62. The molecule has 4 N–H and O–H groups in total. The van der Waals surface area contributed by atoms with E-state index in [1.807, 2.05) is 6.92 Å². The van der Waals surface area contributed by atoms with Crippen molar-refractivity contribution in [1.82, 2.24) is 5.32 Å². The largest absolute Gasteiger partial charge is 0.508 e. The number of thioether (sulfide) groups is 1. The summed E-state index contributed by atoms with van der Waals surface area (Å²) in [5.74, 6) is -1.17. The standard InChI is InChI=1S/C34H32N4O7S/c1-4-31(34(42)36-28-19-25(38(43)44)15-13-21(28)2)46-27-12-8-11-24(18-27)35-33(41)29(37-32(40)22-9-6-5-7-10-22)17-23-14-16-26(39)20-30(23)45-3/h5-20,31,39H,4H2,1-3H3,(H,35,41)(H,36,42)(H,37,40)/b29-17+. The number of nitrogens with one attached hydrogen (secondary N) is 3. The summed E-state index contributed by atoms with van der Waals surface area (Å²) in [7, 11) is 1.42. The van der Waals surface area contributed by atoms with Crippen molar-refractivity contribution < 1.29 is 29.2 Å². The third-order valence-electron chi connectivity index (χ3n) is 6.77. The lowest BCUT2D eigenvalue weighted by molar-refractivity contribution is -0.384. The van der Waals surface area contributed by atoms with Crippen LogP contribution in [-0.4, -0.2) is 40.1 Å². The van der Waals surface area contributed by atoms with Gasteiger partial charge in [-0.05, 0) is 67.4 Å². The molecule has 12 heteroatoms. The quantitative estimate of drug-likeness (QED) is 0.0588. The number of nitro groups is 1. The van der Waals surface area contributed by atoms with Gasteiger partial charge in [0.15, 0.2) is 0 Å². The van der Waals surface area contributed by atoms with Gasteiger partial charge in [-0.25, -0.2) is 0 Å². The third kappa shape index (κ3) is 8.73. The van der Waals surface area contributed by atoms with Crippen molar-refractivity contribution in [1.29, 1.82) is 0 Å². The van der Waals surface area contributed by atoms with E-state index < -0.39 is 22.0 Å². The molecule has 4 aromatic rings. The van der Waals surface area contributed by atoms with Gasteiger partial charge in [0.1, 0.15) is 17.2 Å². The number of anilines is 2. The number of amides is 3. The molecule has 0 bridgehead atoms. The minimum atomic E-state index is -0.618. The Morgan fingerprint density at radius 2 is 1.74 bits per heavy atom. The molecule has 0 saturated carbocycles. The summed E-state index contributed by atoms with van der Waals surface area (Å²) in [4.78, 5) is 51.1. The van der Waals surface area contributed by atoms with E-state index in [0.29, 0.717) is 45.1 Å². The second-order valence-electron chi connectivity index (χ2n) is 10.0. The number of aromatic hydroxyl groups is 1. The molecule has 0 heterocycles. The number of carbonyl (C=O) groups is 3. The number of hydrogen-bond acceptors (Lipinski definition) is 8. The van der Waals surface area contributed by atoms with Crippen LogP contribution in [0.1, 0.15) is 34.8 Å². The van der Waals surface area contributed by atoms with E-state index in [0.717, 1.165) is 0 Å². The lowest BCUT2D eigenvalue weighted by Crippen LogP contribution is -2.30. The van der Waals surface area contributed by atoms with Crippen LogP contribution in [-0.2, 0) is 9.59 Å². The van der Waals surface area contributed by atoms with Gasteiger partial charge in [-0.3, -0.25) is 24.5 Å². The molecule has 1 unspecified atom stereocenters.